The van der Waals surface area contributed by atoms with E-state index < -0.39 is 9.84 Å². The van der Waals surface area contributed by atoms with Crippen LogP contribution in [0.3, 0.4) is 0 Å². The Hall–Kier alpha value is -0.870. The summed E-state index contributed by atoms with van der Waals surface area (Å²) in [7, 11) is -0.948. The van der Waals surface area contributed by atoms with Gasteiger partial charge in [0.25, 0.3) is 0 Å². The normalized spacial score (nSPS) is 13.4. The molecule has 4 heteroatoms. The highest BCUT2D eigenvalue weighted by molar-refractivity contribution is 7.90. The van der Waals surface area contributed by atoms with Crippen molar-refractivity contribution < 1.29 is 8.42 Å². The van der Waals surface area contributed by atoms with Crippen LogP contribution in [-0.2, 0) is 16.3 Å². The molecule has 0 aliphatic rings. The number of aryl methyl sites for hydroxylation is 1. The van der Waals surface area contributed by atoms with Crippen LogP contribution in [0.25, 0.3) is 0 Å². The van der Waals surface area contributed by atoms with Crippen molar-refractivity contribution >= 4 is 9.84 Å². The first-order chi connectivity index (χ1) is 8.51. The maximum absolute atomic E-state index is 11.1. The summed E-state index contributed by atoms with van der Waals surface area (Å²) in [6, 6.07) is 10.7. The van der Waals surface area contributed by atoms with Crippen molar-refractivity contribution in [3.63, 3.8) is 0 Å². The third kappa shape index (κ3) is 6.77. The minimum Gasteiger partial charge on any atom is -0.317 e. The molecule has 0 heterocycles. The molecule has 1 aromatic carbocycles. The van der Waals surface area contributed by atoms with Crippen LogP contribution in [0.15, 0.2) is 30.3 Å². The third-order valence-corrected chi connectivity index (χ3v) is 4.08. The molecule has 0 spiro atoms. The number of nitrogens with one attached hydrogen (secondary N) is 1. The lowest BCUT2D eigenvalue weighted by atomic mass is 10.0. The van der Waals surface area contributed by atoms with Crippen LogP contribution >= 0.6 is 0 Å². The molecule has 3 nitrogen and oxygen atoms in total. The number of hydrogen-bond donors (Lipinski definition) is 1. The topological polar surface area (TPSA) is 46.2 Å². The van der Waals surface area contributed by atoms with E-state index in [1.165, 1.54) is 11.8 Å². The minimum absolute atomic E-state index is 0.268. The molecule has 1 rings (SSSR count). The fraction of sp³-hybridized carbons (Fsp3) is 0.571. The maximum Gasteiger partial charge on any atom is 0.147 e. The zero-order valence-corrected chi connectivity index (χ0v) is 12.0. The van der Waals surface area contributed by atoms with Crippen molar-refractivity contribution in [2.24, 2.45) is 0 Å². The lowest BCUT2D eigenvalue weighted by Gasteiger charge is -2.15. The van der Waals surface area contributed by atoms with Crippen LogP contribution in [-0.4, -0.2) is 33.5 Å². The van der Waals surface area contributed by atoms with Crippen LogP contribution in [0.1, 0.15) is 24.8 Å². The van der Waals surface area contributed by atoms with E-state index in [0.717, 1.165) is 19.3 Å². The Morgan fingerprint density at radius 3 is 2.39 bits per heavy atom. The molecular weight excluding hydrogens is 246 g/mol. The highest BCUT2D eigenvalue weighted by atomic mass is 32.2. The summed E-state index contributed by atoms with van der Waals surface area (Å²) in [5.41, 5.74) is 1.34. The van der Waals surface area contributed by atoms with Gasteiger partial charge in [-0.05, 0) is 38.3 Å². The van der Waals surface area contributed by atoms with Crippen molar-refractivity contribution in [1.82, 2.24) is 5.32 Å². The zero-order valence-electron chi connectivity index (χ0n) is 11.2. The standard InChI is InChI=1S/C14H23NO2S/c1-15-14(11-12-18(2,16)17)10-6-9-13-7-4-3-5-8-13/h3-5,7-8,14-15H,6,9-12H2,1-2H3. The second kappa shape index (κ2) is 7.54. The first-order valence-corrected chi connectivity index (χ1v) is 8.46. The molecule has 0 fully saturated rings. The van der Waals surface area contributed by atoms with Crippen molar-refractivity contribution in [1.29, 1.82) is 0 Å². The lowest BCUT2D eigenvalue weighted by Crippen LogP contribution is -2.27. The quantitative estimate of drug-likeness (QED) is 0.785. The van der Waals surface area contributed by atoms with Crippen LogP contribution in [0.2, 0.25) is 0 Å². The molecule has 1 atom stereocenters. The average molecular weight is 269 g/mol. The van der Waals surface area contributed by atoms with Gasteiger partial charge in [-0.25, -0.2) is 8.42 Å². The summed E-state index contributed by atoms with van der Waals surface area (Å²) in [5, 5.41) is 3.20. The summed E-state index contributed by atoms with van der Waals surface area (Å²) in [6.45, 7) is 0. The summed E-state index contributed by atoms with van der Waals surface area (Å²) >= 11 is 0. The van der Waals surface area contributed by atoms with Gasteiger partial charge in [-0.3, -0.25) is 0 Å². The maximum atomic E-state index is 11.1. The van der Waals surface area contributed by atoms with Crippen LogP contribution in [0.5, 0.6) is 0 Å². The van der Waals surface area contributed by atoms with Gasteiger partial charge in [0.1, 0.15) is 9.84 Å². The Bertz CT molecular complexity index is 428. The SMILES string of the molecule is CNC(CCCc1ccccc1)CCS(C)(=O)=O. The largest absolute Gasteiger partial charge is 0.317 e. The number of hydrogen-bond acceptors (Lipinski definition) is 3. The molecule has 0 aliphatic heterocycles. The van der Waals surface area contributed by atoms with Gasteiger partial charge in [-0.15, -0.1) is 0 Å². The Kier molecular flexibility index (Phi) is 6.36. The predicted octanol–water partition coefficient (Wildman–Crippen LogP) is 2.03. The molecule has 1 N–H and O–H groups in total. The summed E-state index contributed by atoms with van der Waals surface area (Å²) < 4.78 is 22.2. The van der Waals surface area contributed by atoms with Crippen LogP contribution in [0.4, 0.5) is 0 Å². The first-order valence-electron chi connectivity index (χ1n) is 6.40. The van der Waals surface area contributed by atoms with Crippen molar-refractivity contribution in [2.45, 2.75) is 31.7 Å². The highest BCUT2D eigenvalue weighted by Crippen LogP contribution is 2.09. The molecule has 1 unspecified atom stereocenters. The van der Waals surface area contributed by atoms with E-state index in [1.54, 1.807) is 0 Å². The molecule has 0 aromatic heterocycles. The second-order valence-corrected chi connectivity index (χ2v) is 7.04. The fourth-order valence-electron chi connectivity index (χ4n) is 1.99. The number of benzene rings is 1. The van der Waals surface area contributed by atoms with Crippen molar-refractivity contribution in [3.8, 4) is 0 Å². The first kappa shape index (κ1) is 15.2. The molecule has 0 radical (unpaired) electrons. The van der Waals surface area contributed by atoms with Gasteiger partial charge < -0.3 is 5.32 Å². The number of sulfone groups is 1. The van der Waals surface area contributed by atoms with Crippen molar-refractivity contribution in [2.75, 3.05) is 19.1 Å². The smallest absolute Gasteiger partial charge is 0.147 e. The molecular formula is C14H23NO2S. The Morgan fingerprint density at radius 2 is 1.83 bits per heavy atom. The van der Waals surface area contributed by atoms with Gasteiger partial charge in [-0.2, -0.15) is 0 Å². The van der Waals surface area contributed by atoms with Crippen LogP contribution in [0, 0.1) is 0 Å². The molecule has 102 valence electrons. The fourth-order valence-corrected chi connectivity index (χ4v) is 2.70. The van der Waals surface area contributed by atoms with E-state index in [2.05, 4.69) is 29.6 Å². The third-order valence-electron chi connectivity index (χ3n) is 3.11. The summed E-state index contributed by atoms with van der Waals surface area (Å²) in [4.78, 5) is 0. The van der Waals surface area contributed by atoms with Gasteiger partial charge in [0, 0.05) is 12.3 Å². The monoisotopic (exact) mass is 269 g/mol. The van der Waals surface area contributed by atoms with Gasteiger partial charge in [-0.1, -0.05) is 30.3 Å². The molecule has 0 aliphatic carbocycles. The minimum atomic E-state index is -2.85. The zero-order chi connectivity index (χ0) is 13.4. The van der Waals surface area contributed by atoms with E-state index in [0.29, 0.717) is 12.5 Å². The second-order valence-electron chi connectivity index (χ2n) is 4.78. The lowest BCUT2D eigenvalue weighted by molar-refractivity contribution is 0.489. The Morgan fingerprint density at radius 1 is 1.17 bits per heavy atom. The van der Waals surface area contributed by atoms with Crippen LogP contribution < -0.4 is 5.32 Å². The molecule has 0 saturated heterocycles. The van der Waals surface area contributed by atoms with Gasteiger partial charge in [0.05, 0.1) is 5.75 Å². The van der Waals surface area contributed by atoms with Gasteiger partial charge >= 0.3 is 0 Å². The molecule has 0 saturated carbocycles. The van der Waals surface area contributed by atoms with E-state index >= 15 is 0 Å². The average Bonchev–Trinajstić information content (AvgIpc) is 2.33. The van der Waals surface area contributed by atoms with E-state index in [-0.39, 0.29) is 5.75 Å². The number of rotatable bonds is 8. The summed E-state index contributed by atoms with van der Waals surface area (Å²) in [6.07, 6.45) is 5.14. The molecule has 1 aromatic rings. The summed E-state index contributed by atoms with van der Waals surface area (Å²) in [5.74, 6) is 0.268. The highest BCUT2D eigenvalue weighted by Gasteiger charge is 2.10. The molecule has 0 amide bonds. The Labute approximate surface area is 111 Å². The van der Waals surface area contributed by atoms with E-state index in [9.17, 15) is 8.42 Å². The Balaban J connectivity index is 2.27. The van der Waals surface area contributed by atoms with E-state index in [1.807, 2.05) is 13.1 Å². The molecule has 0 bridgehead atoms. The van der Waals surface area contributed by atoms with E-state index in [4.69, 9.17) is 0 Å². The molecule has 18 heavy (non-hydrogen) atoms. The van der Waals surface area contributed by atoms with Crippen molar-refractivity contribution in [3.05, 3.63) is 35.9 Å². The predicted molar refractivity (Wildman–Crippen MR) is 76.6 cm³/mol. The van der Waals surface area contributed by atoms with Gasteiger partial charge in [0.2, 0.25) is 0 Å². The van der Waals surface area contributed by atoms with Gasteiger partial charge in [0.15, 0.2) is 0 Å².